The second-order valence-corrected chi connectivity index (χ2v) is 10.0. The van der Waals surface area contributed by atoms with E-state index < -0.39 is 12.0 Å². The Morgan fingerprint density at radius 2 is 1.83 bits per heavy atom. The summed E-state index contributed by atoms with van der Waals surface area (Å²) in [5.74, 6) is -1.44. The van der Waals surface area contributed by atoms with Crippen molar-refractivity contribution >= 4 is 40.5 Å². The van der Waals surface area contributed by atoms with Gasteiger partial charge in [0.15, 0.2) is 0 Å². The summed E-state index contributed by atoms with van der Waals surface area (Å²) in [6.07, 6.45) is 3.54. The van der Waals surface area contributed by atoms with Gasteiger partial charge < -0.3 is 20.0 Å². The van der Waals surface area contributed by atoms with Gasteiger partial charge in [-0.25, -0.2) is 15.3 Å². The van der Waals surface area contributed by atoms with Gasteiger partial charge in [0, 0.05) is 40.8 Å². The van der Waals surface area contributed by atoms with Crippen molar-refractivity contribution in [3.63, 3.8) is 0 Å². The van der Waals surface area contributed by atoms with Crippen molar-refractivity contribution in [3.05, 3.63) is 118 Å². The number of carbonyl (C=O) groups is 2. The van der Waals surface area contributed by atoms with Crippen molar-refractivity contribution in [2.45, 2.75) is 19.4 Å². The van der Waals surface area contributed by atoms with Crippen LogP contribution in [0.3, 0.4) is 0 Å². The number of aromatic carboxylic acids is 1. The lowest BCUT2D eigenvalue weighted by Crippen LogP contribution is -2.37. The van der Waals surface area contributed by atoms with Crippen molar-refractivity contribution in [1.82, 2.24) is 20.6 Å². The van der Waals surface area contributed by atoms with E-state index in [4.69, 9.17) is 0 Å². The first-order chi connectivity index (χ1) is 20.4. The SMILES string of the molecule is Cc1ccc(N2C=NNN2)c(-c2ccn(C(Cc3ccccc3)C(=O)Nc3ccc4[nH]c(C(=O)O)cc4c3)c(=O)c2)c1. The third-order valence-corrected chi connectivity index (χ3v) is 7.11. The summed E-state index contributed by atoms with van der Waals surface area (Å²) in [6, 6.07) is 24.5. The van der Waals surface area contributed by atoms with Crippen LogP contribution in [0.25, 0.3) is 22.0 Å². The number of nitrogens with one attached hydrogen (secondary N) is 4. The number of hydrazine groups is 2. The molecule has 1 aliphatic heterocycles. The van der Waals surface area contributed by atoms with Crippen LogP contribution in [0.4, 0.5) is 11.4 Å². The third kappa shape index (κ3) is 5.36. The molecular formula is C31H27N7O4. The predicted molar refractivity (Wildman–Crippen MR) is 161 cm³/mol. The van der Waals surface area contributed by atoms with Gasteiger partial charge in [0.05, 0.1) is 5.69 Å². The van der Waals surface area contributed by atoms with Crippen molar-refractivity contribution in [2.24, 2.45) is 5.10 Å². The lowest BCUT2D eigenvalue weighted by atomic mass is 10.0. The predicted octanol–water partition coefficient (Wildman–Crippen LogP) is 4.20. The molecule has 2 aromatic heterocycles. The van der Waals surface area contributed by atoms with Crippen LogP contribution < -0.4 is 27.0 Å². The molecule has 0 fully saturated rings. The fourth-order valence-electron chi connectivity index (χ4n) is 5.03. The van der Waals surface area contributed by atoms with Crippen molar-refractivity contribution in [3.8, 4) is 11.1 Å². The Balaban J connectivity index is 1.34. The van der Waals surface area contributed by atoms with Crippen LogP contribution >= 0.6 is 0 Å². The summed E-state index contributed by atoms with van der Waals surface area (Å²) < 4.78 is 1.44. The summed E-state index contributed by atoms with van der Waals surface area (Å²) in [4.78, 5) is 41.5. The zero-order valence-electron chi connectivity index (χ0n) is 22.5. The standard InChI is InChI=1S/C31H27N7O4/c1-19-7-10-27(38-18-32-35-36-38)24(13-19)21-11-12-37(29(39)17-21)28(14-20-5-3-2-4-6-20)30(40)33-23-8-9-25-22(15-23)16-26(34-25)31(41)42/h2-13,15-18,28,34-36H,14H2,1H3,(H,33,40)(H,41,42). The molecule has 0 bridgehead atoms. The van der Waals surface area contributed by atoms with Gasteiger partial charge in [-0.05, 0) is 60.5 Å². The van der Waals surface area contributed by atoms with Gasteiger partial charge in [0.1, 0.15) is 18.1 Å². The molecule has 11 heteroatoms. The molecule has 0 saturated carbocycles. The number of nitrogens with zero attached hydrogens (tertiary/aromatic N) is 3. The van der Waals surface area contributed by atoms with E-state index in [0.29, 0.717) is 22.2 Å². The number of aromatic amines is 1. The second kappa shape index (κ2) is 11.1. The van der Waals surface area contributed by atoms with Crippen molar-refractivity contribution < 1.29 is 14.7 Å². The average molecular weight is 562 g/mol. The number of H-pyrrole nitrogens is 1. The molecule has 5 N–H and O–H groups in total. The number of aryl methyl sites for hydroxylation is 1. The quantitative estimate of drug-likeness (QED) is 0.191. The number of amides is 1. The topological polar surface area (TPSA) is 144 Å². The van der Waals surface area contributed by atoms with Crippen molar-refractivity contribution in [2.75, 3.05) is 10.3 Å². The number of rotatable bonds is 8. The Hall–Kier alpha value is -5.68. The zero-order valence-corrected chi connectivity index (χ0v) is 22.5. The number of hydrogen-bond acceptors (Lipinski definition) is 7. The summed E-state index contributed by atoms with van der Waals surface area (Å²) in [5, 5.41) is 18.6. The Kier molecular flexibility index (Phi) is 6.99. The maximum absolute atomic E-state index is 13.7. The highest BCUT2D eigenvalue weighted by Crippen LogP contribution is 2.31. The molecule has 0 radical (unpaired) electrons. The van der Waals surface area contributed by atoms with Gasteiger partial charge in [0.2, 0.25) is 5.91 Å². The fourth-order valence-corrected chi connectivity index (χ4v) is 5.03. The van der Waals surface area contributed by atoms with E-state index in [0.717, 1.165) is 22.4 Å². The molecule has 1 aliphatic rings. The first kappa shape index (κ1) is 26.5. The van der Waals surface area contributed by atoms with E-state index in [2.05, 4.69) is 26.5 Å². The third-order valence-electron chi connectivity index (χ3n) is 7.11. The molecule has 210 valence electrons. The van der Waals surface area contributed by atoms with E-state index in [-0.39, 0.29) is 23.6 Å². The molecule has 6 rings (SSSR count). The molecule has 1 amide bonds. The molecule has 5 aromatic rings. The number of carboxylic acids is 1. The number of hydrazone groups is 1. The van der Waals surface area contributed by atoms with Gasteiger partial charge >= 0.3 is 5.97 Å². The van der Waals surface area contributed by atoms with Crippen LogP contribution in [0.15, 0.2) is 101 Å². The van der Waals surface area contributed by atoms with Crippen LogP contribution in [0.2, 0.25) is 0 Å². The largest absolute Gasteiger partial charge is 0.477 e. The highest BCUT2D eigenvalue weighted by atomic mass is 16.4. The maximum atomic E-state index is 13.7. The molecule has 3 heterocycles. The first-order valence-electron chi connectivity index (χ1n) is 13.2. The highest BCUT2D eigenvalue weighted by Gasteiger charge is 2.24. The van der Waals surface area contributed by atoms with Crippen LogP contribution in [0, 0.1) is 6.92 Å². The molecule has 0 saturated heterocycles. The smallest absolute Gasteiger partial charge is 0.352 e. The molecule has 1 unspecified atom stereocenters. The minimum atomic E-state index is -1.07. The zero-order chi connectivity index (χ0) is 29.2. The van der Waals surface area contributed by atoms with Crippen LogP contribution in [-0.4, -0.2) is 32.9 Å². The monoisotopic (exact) mass is 561 g/mol. The number of aromatic nitrogens is 2. The number of carbonyl (C=O) groups excluding carboxylic acids is 1. The first-order valence-corrected chi connectivity index (χ1v) is 13.2. The molecule has 11 nitrogen and oxygen atoms in total. The highest BCUT2D eigenvalue weighted by molar-refractivity contribution is 5.98. The van der Waals surface area contributed by atoms with E-state index >= 15 is 0 Å². The van der Waals surface area contributed by atoms with Gasteiger partial charge in [-0.2, -0.15) is 5.10 Å². The van der Waals surface area contributed by atoms with Crippen LogP contribution in [0.5, 0.6) is 0 Å². The van der Waals surface area contributed by atoms with Gasteiger partial charge in [-0.15, -0.1) is 5.53 Å². The number of anilines is 2. The summed E-state index contributed by atoms with van der Waals surface area (Å²) in [6.45, 7) is 1.98. The Labute approximate surface area is 240 Å². The molecule has 1 atom stereocenters. The summed E-state index contributed by atoms with van der Waals surface area (Å²) in [5.41, 5.74) is 10.7. The van der Waals surface area contributed by atoms with Crippen LogP contribution in [0.1, 0.15) is 27.7 Å². The lowest BCUT2D eigenvalue weighted by Gasteiger charge is -2.21. The van der Waals surface area contributed by atoms with Crippen molar-refractivity contribution in [1.29, 1.82) is 0 Å². The van der Waals surface area contributed by atoms with E-state index in [9.17, 15) is 19.5 Å². The number of carboxylic acid groups (broad SMARTS) is 1. The lowest BCUT2D eigenvalue weighted by molar-refractivity contribution is -0.119. The Morgan fingerprint density at radius 3 is 2.57 bits per heavy atom. The van der Waals surface area contributed by atoms with Crippen LogP contribution in [-0.2, 0) is 11.2 Å². The molecular weight excluding hydrogens is 534 g/mol. The van der Waals surface area contributed by atoms with E-state index in [1.54, 1.807) is 35.7 Å². The molecule has 3 aromatic carbocycles. The maximum Gasteiger partial charge on any atom is 0.352 e. The number of hydrogen-bond donors (Lipinski definition) is 5. The fraction of sp³-hybridized carbons (Fsp3) is 0.0968. The molecule has 0 spiro atoms. The van der Waals surface area contributed by atoms with E-state index in [1.165, 1.54) is 16.7 Å². The minimum absolute atomic E-state index is 0.0582. The Morgan fingerprint density at radius 1 is 1.00 bits per heavy atom. The summed E-state index contributed by atoms with van der Waals surface area (Å²) >= 11 is 0. The molecule has 42 heavy (non-hydrogen) atoms. The summed E-state index contributed by atoms with van der Waals surface area (Å²) in [7, 11) is 0. The normalized spacial score (nSPS) is 13.2. The second-order valence-electron chi connectivity index (χ2n) is 10.0. The average Bonchev–Trinajstić information content (AvgIpc) is 3.67. The number of pyridine rings is 1. The molecule has 0 aliphatic carbocycles. The van der Waals surface area contributed by atoms with Gasteiger partial charge in [-0.1, -0.05) is 42.0 Å². The minimum Gasteiger partial charge on any atom is -0.477 e. The van der Waals surface area contributed by atoms with Gasteiger partial charge in [-0.3, -0.25) is 9.59 Å². The Bertz CT molecular complexity index is 1890. The van der Waals surface area contributed by atoms with Gasteiger partial charge in [0.25, 0.3) is 5.56 Å². The van der Waals surface area contributed by atoms with E-state index in [1.807, 2.05) is 61.5 Å². The number of fused-ring (bicyclic) bond motifs is 1. The number of benzene rings is 3.